The number of carboxylic acids is 1. The number of benzene rings is 1. The molecule has 0 saturated carbocycles. The van der Waals surface area contributed by atoms with Crippen molar-refractivity contribution in [2.45, 2.75) is 17.8 Å². The predicted molar refractivity (Wildman–Crippen MR) is 60.8 cm³/mol. The standard InChI is InChI=1S/C11H13NO2S/c13-11(14)9-6-7-15-10(12-9)8-4-2-1-3-5-8/h1-5,9-10,12H,6-7H2,(H,13,14)/t9-,10+/m0/s1. The molecule has 0 amide bonds. The van der Waals surface area contributed by atoms with Gasteiger partial charge in [0.2, 0.25) is 0 Å². The number of rotatable bonds is 2. The topological polar surface area (TPSA) is 49.3 Å². The largest absolute Gasteiger partial charge is 0.480 e. The van der Waals surface area contributed by atoms with E-state index >= 15 is 0 Å². The molecule has 1 heterocycles. The highest BCUT2D eigenvalue weighted by Crippen LogP contribution is 2.31. The van der Waals surface area contributed by atoms with Gasteiger partial charge in [0.25, 0.3) is 0 Å². The van der Waals surface area contributed by atoms with Gasteiger partial charge >= 0.3 is 5.97 Å². The molecule has 2 rings (SSSR count). The fourth-order valence-corrected chi connectivity index (χ4v) is 2.85. The summed E-state index contributed by atoms with van der Waals surface area (Å²) in [5, 5.41) is 12.2. The minimum atomic E-state index is -0.753. The lowest BCUT2D eigenvalue weighted by atomic mass is 10.1. The molecule has 0 aromatic heterocycles. The zero-order valence-corrected chi connectivity index (χ0v) is 9.04. The molecule has 0 aliphatic carbocycles. The van der Waals surface area contributed by atoms with Gasteiger partial charge in [0.15, 0.2) is 0 Å². The Hall–Kier alpha value is -1.00. The Labute approximate surface area is 92.9 Å². The van der Waals surface area contributed by atoms with Gasteiger partial charge in [-0.2, -0.15) is 0 Å². The summed E-state index contributed by atoms with van der Waals surface area (Å²) in [6, 6.07) is 9.55. The molecule has 4 heteroatoms. The van der Waals surface area contributed by atoms with Crippen LogP contribution in [0.2, 0.25) is 0 Å². The Morgan fingerprint density at radius 2 is 2.13 bits per heavy atom. The van der Waals surface area contributed by atoms with E-state index in [1.54, 1.807) is 11.8 Å². The van der Waals surface area contributed by atoms with Crippen molar-refractivity contribution >= 4 is 17.7 Å². The highest BCUT2D eigenvalue weighted by atomic mass is 32.2. The molecule has 15 heavy (non-hydrogen) atoms. The van der Waals surface area contributed by atoms with Gasteiger partial charge in [-0.05, 0) is 17.7 Å². The first-order valence-electron chi connectivity index (χ1n) is 4.93. The second-order valence-corrected chi connectivity index (χ2v) is 4.72. The normalized spacial score (nSPS) is 26.1. The van der Waals surface area contributed by atoms with Crippen LogP contribution in [-0.2, 0) is 4.79 Å². The Morgan fingerprint density at radius 1 is 1.40 bits per heavy atom. The Bertz CT molecular complexity index is 342. The first kappa shape index (κ1) is 10.5. The van der Waals surface area contributed by atoms with Crippen LogP contribution < -0.4 is 5.32 Å². The Kier molecular flexibility index (Phi) is 3.28. The third kappa shape index (κ3) is 2.52. The quantitative estimate of drug-likeness (QED) is 0.803. The molecule has 3 nitrogen and oxygen atoms in total. The van der Waals surface area contributed by atoms with Crippen LogP contribution in [0.3, 0.4) is 0 Å². The van der Waals surface area contributed by atoms with Crippen LogP contribution in [0.15, 0.2) is 30.3 Å². The van der Waals surface area contributed by atoms with Crippen LogP contribution in [-0.4, -0.2) is 22.9 Å². The average Bonchev–Trinajstić information content (AvgIpc) is 2.30. The lowest BCUT2D eigenvalue weighted by Gasteiger charge is -2.28. The van der Waals surface area contributed by atoms with E-state index in [0.29, 0.717) is 6.42 Å². The summed E-state index contributed by atoms with van der Waals surface area (Å²) in [5.41, 5.74) is 1.15. The minimum Gasteiger partial charge on any atom is -0.480 e. The maximum absolute atomic E-state index is 10.9. The van der Waals surface area contributed by atoms with E-state index in [9.17, 15) is 4.79 Å². The van der Waals surface area contributed by atoms with Crippen LogP contribution in [0, 0.1) is 0 Å². The molecule has 0 bridgehead atoms. The number of aliphatic carboxylic acids is 1. The van der Waals surface area contributed by atoms with Crippen molar-refractivity contribution in [3.8, 4) is 0 Å². The number of thioether (sulfide) groups is 1. The fourth-order valence-electron chi connectivity index (χ4n) is 1.63. The number of carbonyl (C=O) groups is 1. The summed E-state index contributed by atoms with van der Waals surface area (Å²) in [7, 11) is 0. The highest BCUT2D eigenvalue weighted by molar-refractivity contribution is 7.99. The number of hydrogen-bond acceptors (Lipinski definition) is 3. The number of carboxylic acid groups (broad SMARTS) is 1. The zero-order chi connectivity index (χ0) is 10.7. The SMILES string of the molecule is O=C(O)[C@@H]1CCS[C@H](c2ccccc2)N1. The van der Waals surface area contributed by atoms with E-state index in [4.69, 9.17) is 5.11 Å². The van der Waals surface area contributed by atoms with Crippen LogP contribution >= 0.6 is 11.8 Å². The van der Waals surface area contributed by atoms with E-state index in [1.807, 2.05) is 30.3 Å². The smallest absolute Gasteiger partial charge is 0.320 e. The molecule has 1 aliphatic rings. The Balaban J connectivity index is 2.08. The third-order valence-corrected chi connectivity index (χ3v) is 3.66. The van der Waals surface area contributed by atoms with E-state index in [1.165, 1.54) is 0 Å². The monoisotopic (exact) mass is 223 g/mol. The summed E-state index contributed by atoms with van der Waals surface area (Å²) in [6.07, 6.45) is 0.698. The van der Waals surface area contributed by atoms with Gasteiger partial charge in [0.05, 0.1) is 5.37 Å². The lowest BCUT2D eigenvalue weighted by Crippen LogP contribution is -2.41. The van der Waals surface area contributed by atoms with Crippen molar-refractivity contribution in [3.05, 3.63) is 35.9 Å². The van der Waals surface area contributed by atoms with E-state index in [0.717, 1.165) is 11.3 Å². The molecule has 0 radical (unpaired) electrons. The summed E-state index contributed by atoms with van der Waals surface area (Å²) < 4.78 is 0. The molecule has 2 atom stereocenters. The molecule has 1 fully saturated rings. The van der Waals surface area contributed by atoms with Gasteiger partial charge in [0.1, 0.15) is 6.04 Å². The number of nitrogens with one attached hydrogen (secondary N) is 1. The summed E-state index contributed by atoms with van der Waals surface area (Å²) in [4.78, 5) is 10.9. The molecule has 1 saturated heterocycles. The molecule has 1 aliphatic heterocycles. The molecular formula is C11H13NO2S. The fraction of sp³-hybridized carbons (Fsp3) is 0.364. The molecular weight excluding hydrogens is 210 g/mol. The van der Waals surface area contributed by atoms with Crippen LogP contribution in [0.5, 0.6) is 0 Å². The van der Waals surface area contributed by atoms with Crippen molar-refractivity contribution in [3.63, 3.8) is 0 Å². The lowest BCUT2D eigenvalue weighted by molar-refractivity contribution is -0.139. The van der Waals surface area contributed by atoms with Crippen molar-refractivity contribution in [2.75, 3.05) is 5.75 Å². The van der Waals surface area contributed by atoms with Crippen LogP contribution in [0.25, 0.3) is 0 Å². The zero-order valence-electron chi connectivity index (χ0n) is 8.22. The van der Waals surface area contributed by atoms with Crippen LogP contribution in [0.4, 0.5) is 0 Å². The molecule has 2 N–H and O–H groups in total. The molecule has 0 unspecified atom stereocenters. The van der Waals surface area contributed by atoms with Gasteiger partial charge in [-0.15, -0.1) is 11.8 Å². The minimum absolute atomic E-state index is 0.112. The van der Waals surface area contributed by atoms with E-state index < -0.39 is 12.0 Å². The average molecular weight is 223 g/mol. The molecule has 1 aromatic carbocycles. The first-order valence-corrected chi connectivity index (χ1v) is 5.97. The molecule has 0 spiro atoms. The van der Waals surface area contributed by atoms with E-state index in [-0.39, 0.29) is 5.37 Å². The predicted octanol–water partition coefficient (Wildman–Crippen LogP) is 1.86. The Morgan fingerprint density at radius 3 is 2.80 bits per heavy atom. The van der Waals surface area contributed by atoms with Crippen molar-refractivity contribution in [2.24, 2.45) is 0 Å². The summed E-state index contributed by atoms with van der Waals surface area (Å²) in [6.45, 7) is 0. The molecule has 80 valence electrons. The van der Waals surface area contributed by atoms with Crippen molar-refractivity contribution in [1.82, 2.24) is 5.32 Å². The first-order chi connectivity index (χ1) is 7.27. The van der Waals surface area contributed by atoms with E-state index in [2.05, 4.69) is 5.32 Å². The van der Waals surface area contributed by atoms with Gasteiger partial charge in [-0.25, -0.2) is 0 Å². The van der Waals surface area contributed by atoms with Gasteiger partial charge in [0, 0.05) is 0 Å². The highest BCUT2D eigenvalue weighted by Gasteiger charge is 2.26. The summed E-state index contributed by atoms with van der Waals surface area (Å²) in [5.74, 6) is 0.139. The van der Waals surface area contributed by atoms with Gasteiger partial charge < -0.3 is 5.11 Å². The van der Waals surface area contributed by atoms with Crippen molar-refractivity contribution < 1.29 is 9.90 Å². The van der Waals surface area contributed by atoms with Gasteiger partial charge in [-0.3, -0.25) is 10.1 Å². The van der Waals surface area contributed by atoms with Gasteiger partial charge in [-0.1, -0.05) is 30.3 Å². The van der Waals surface area contributed by atoms with Crippen LogP contribution in [0.1, 0.15) is 17.4 Å². The number of hydrogen-bond donors (Lipinski definition) is 2. The third-order valence-electron chi connectivity index (χ3n) is 2.44. The summed E-state index contributed by atoms with van der Waals surface area (Å²) >= 11 is 1.76. The maximum atomic E-state index is 10.9. The second-order valence-electron chi connectivity index (χ2n) is 3.51. The van der Waals surface area contributed by atoms with Crippen molar-refractivity contribution in [1.29, 1.82) is 0 Å². The second kappa shape index (κ2) is 4.68. The molecule has 1 aromatic rings. The maximum Gasteiger partial charge on any atom is 0.320 e.